The number of azo groups is 1. The molecule has 0 radical (unpaired) electrons. The highest BCUT2D eigenvalue weighted by Gasteiger charge is 2.19. The van der Waals surface area contributed by atoms with E-state index in [4.69, 9.17) is 25.4 Å². The number of rotatable bonds is 15. The molecule has 11 heteroatoms. The molecule has 1 aromatic heterocycles. The number of carbonyl (C=O) groups is 1. The molecule has 0 bridgehead atoms. The van der Waals surface area contributed by atoms with E-state index in [0.717, 1.165) is 35.6 Å². The van der Waals surface area contributed by atoms with Crippen LogP contribution in [0.25, 0.3) is 0 Å². The Kier molecular flexibility index (Phi) is 11.6. The summed E-state index contributed by atoms with van der Waals surface area (Å²) in [5, 5.41) is 35.8. The van der Waals surface area contributed by atoms with E-state index in [2.05, 4.69) is 21.2 Å². The number of hydrogen-bond acceptors (Lipinski definition) is 10. The molecular formula is C23H31N5O5S. The first-order valence-corrected chi connectivity index (χ1v) is 11.7. The first-order valence-electron chi connectivity index (χ1n) is 10.9. The third-order valence-corrected chi connectivity index (χ3v) is 6.04. The van der Waals surface area contributed by atoms with Gasteiger partial charge in [-0.05, 0) is 49.6 Å². The predicted molar refractivity (Wildman–Crippen MR) is 130 cm³/mol. The summed E-state index contributed by atoms with van der Waals surface area (Å²) < 4.78 is 10.8. The van der Waals surface area contributed by atoms with Crippen LogP contribution in [-0.4, -0.2) is 68.9 Å². The molecule has 0 aliphatic rings. The van der Waals surface area contributed by atoms with E-state index in [1.807, 2.05) is 25.1 Å². The van der Waals surface area contributed by atoms with Crippen molar-refractivity contribution in [1.29, 1.82) is 5.26 Å². The molecule has 4 N–H and O–H groups in total. The zero-order chi connectivity index (χ0) is 24.9. The van der Waals surface area contributed by atoms with Gasteiger partial charge in [-0.1, -0.05) is 0 Å². The average molecular weight is 490 g/mol. The molecule has 1 aromatic carbocycles. The van der Waals surface area contributed by atoms with E-state index >= 15 is 0 Å². The molecule has 2 aromatic rings. The highest BCUT2D eigenvalue weighted by Crippen LogP contribution is 2.36. The fourth-order valence-corrected chi connectivity index (χ4v) is 4.18. The largest absolute Gasteiger partial charge is 0.394 e. The van der Waals surface area contributed by atoms with Crippen LogP contribution in [-0.2, 0) is 9.47 Å². The van der Waals surface area contributed by atoms with Crippen LogP contribution >= 0.6 is 11.3 Å². The molecule has 0 saturated carbocycles. The van der Waals surface area contributed by atoms with Crippen molar-refractivity contribution >= 4 is 33.6 Å². The second kappa shape index (κ2) is 14.4. The number of carbonyl (C=O) groups excluding carboxylic acids is 1. The molecule has 0 unspecified atom stereocenters. The van der Waals surface area contributed by atoms with Crippen molar-refractivity contribution in [2.75, 3.05) is 57.6 Å². The van der Waals surface area contributed by atoms with E-state index in [0.29, 0.717) is 47.5 Å². The number of aryl methyl sites for hydroxylation is 1. The third kappa shape index (κ3) is 7.86. The number of ether oxygens (including phenoxy) is 2. The number of amides is 1. The smallest absolute Gasteiger partial charge is 0.252 e. The quantitative estimate of drug-likeness (QED) is 0.257. The van der Waals surface area contributed by atoms with Crippen LogP contribution in [0.15, 0.2) is 28.4 Å². The zero-order valence-corrected chi connectivity index (χ0v) is 20.3. The Bertz CT molecular complexity index is 1020. The van der Waals surface area contributed by atoms with Gasteiger partial charge in [0.2, 0.25) is 0 Å². The van der Waals surface area contributed by atoms with Gasteiger partial charge in [0.25, 0.3) is 5.91 Å². The molecule has 0 atom stereocenters. The van der Waals surface area contributed by atoms with Crippen molar-refractivity contribution in [1.82, 2.24) is 0 Å². The molecule has 34 heavy (non-hydrogen) atoms. The Balaban J connectivity index is 2.18. The number of nitrogens with two attached hydrogens (primary N) is 1. The molecule has 1 amide bonds. The van der Waals surface area contributed by atoms with Crippen molar-refractivity contribution in [2.24, 2.45) is 16.0 Å². The molecule has 2 rings (SSSR count). The molecule has 0 saturated heterocycles. The van der Waals surface area contributed by atoms with Crippen molar-refractivity contribution in [3.8, 4) is 6.07 Å². The van der Waals surface area contributed by atoms with Crippen molar-refractivity contribution in [3.63, 3.8) is 0 Å². The normalized spacial score (nSPS) is 11.1. The van der Waals surface area contributed by atoms with Crippen molar-refractivity contribution in [2.45, 2.75) is 20.3 Å². The Morgan fingerprint density at radius 1 is 1.12 bits per heavy atom. The van der Waals surface area contributed by atoms with Crippen LogP contribution in [0, 0.1) is 25.2 Å². The standard InChI is InChI=1S/C23H31N5O5S/c1-16-14-18(28(7-11-33-13-9-30)6-3-10-32-12-8-29)4-5-19(16)26-27-23-21(22(25)31)17(2)20(15-24)34-23/h4-5,14,29-30H,3,6-13H2,1-2H3,(H2,25,31). The number of hydrogen-bond donors (Lipinski definition) is 3. The topological polar surface area (TPSA) is 154 Å². The fourth-order valence-electron chi connectivity index (χ4n) is 3.25. The average Bonchev–Trinajstić information content (AvgIpc) is 3.14. The molecule has 0 aliphatic carbocycles. The molecule has 0 spiro atoms. The van der Waals surface area contributed by atoms with Crippen LogP contribution < -0.4 is 10.6 Å². The molecule has 184 valence electrons. The maximum Gasteiger partial charge on any atom is 0.252 e. The Morgan fingerprint density at radius 3 is 2.44 bits per heavy atom. The van der Waals surface area contributed by atoms with Gasteiger partial charge < -0.3 is 30.3 Å². The number of nitrogens with zero attached hydrogens (tertiary/aromatic N) is 4. The van der Waals surface area contributed by atoms with Gasteiger partial charge in [-0.2, -0.15) is 5.26 Å². The first kappa shape index (κ1) is 27.4. The maximum atomic E-state index is 11.8. The lowest BCUT2D eigenvalue weighted by atomic mass is 10.1. The lowest BCUT2D eigenvalue weighted by Gasteiger charge is -2.25. The van der Waals surface area contributed by atoms with Crippen molar-refractivity contribution in [3.05, 3.63) is 39.8 Å². The van der Waals surface area contributed by atoms with Gasteiger partial charge in [0.05, 0.1) is 44.3 Å². The number of anilines is 1. The van der Waals surface area contributed by atoms with Gasteiger partial charge in [0, 0.05) is 25.4 Å². The summed E-state index contributed by atoms with van der Waals surface area (Å²) in [4.78, 5) is 14.3. The second-order valence-electron chi connectivity index (χ2n) is 7.40. The Morgan fingerprint density at radius 2 is 1.82 bits per heavy atom. The monoisotopic (exact) mass is 489 g/mol. The number of nitriles is 1. The molecular weight excluding hydrogens is 458 g/mol. The van der Waals surface area contributed by atoms with Crippen LogP contribution in [0.4, 0.5) is 16.4 Å². The van der Waals surface area contributed by atoms with Gasteiger partial charge in [-0.25, -0.2) is 0 Å². The number of aliphatic hydroxyl groups is 2. The second-order valence-corrected chi connectivity index (χ2v) is 8.39. The summed E-state index contributed by atoms with van der Waals surface area (Å²) in [6.07, 6.45) is 0.773. The zero-order valence-electron chi connectivity index (χ0n) is 19.5. The maximum absolute atomic E-state index is 11.8. The minimum absolute atomic E-state index is 0.00226. The van der Waals surface area contributed by atoms with E-state index in [1.54, 1.807) is 6.92 Å². The number of thiophene rings is 1. The lowest BCUT2D eigenvalue weighted by molar-refractivity contribution is 0.0890. The number of aliphatic hydroxyl groups excluding tert-OH is 2. The van der Waals surface area contributed by atoms with Crippen molar-refractivity contribution < 1.29 is 24.5 Å². The van der Waals surface area contributed by atoms with Crippen LogP contribution in [0.2, 0.25) is 0 Å². The van der Waals surface area contributed by atoms with Gasteiger partial charge in [0.15, 0.2) is 5.00 Å². The third-order valence-electron chi connectivity index (χ3n) is 4.96. The van der Waals surface area contributed by atoms with Gasteiger partial charge in [0.1, 0.15) is 10.9 Å². The van der Waals surface area contributed by atoms with E-state index in [1.165, 1.54) is 0 Å². The predicted octanol–water partition coefficient (Wildman–Crippen LogP) is 2.97. The number of benzene rings is 1. The van der Waals surface area contributed by atoms with Gasteiger partial charge in [-0.3, -0.25) is 4.79 Å². The highest BCUT2D eigenvalue weighted by atomic mass is 32.1. The Labute approximate surface area is 203 Å². The van der Waals surface area contributed by atoms with Crippen LogP contribution in [0.1, 0.15) is 32.8 Å². The summed E-state index contributed by atoms with van der Waals surface area (Å²) in [6, 6.07) is 7.81. The molecule has 1 heterocycles. The highest BCUT2D eigenvalue weighted by molar-refractivity contribution is 7.16. The lowest BCUT2D eigenvalue weighted by Crippen LogP contribution is -2.29. The minimum Gasteiger partial charge on any atom is -0.394 e. The Hall–Kier alpha value is -2.88. The summed E-state index contributed by atoms with van der Waals surface area (Å²) in [5.41, 5.74) is 8.69. The fraction of sp³-hybridized carbons (Fsp3) is 0.478. The van der Waals surface area contributed by atoms with Crippen LogP contribution in [0.5, 0.6) is 0 Å². The molecule has 0 fully saturated rings. The number of primary amides is 1. The molecule has 0 aliphatic heterocycles. The van der Waals surface area contributed by atoms with Gasteiger partial charge in [-0.15, -0.1) is 21.6 Å². The summed E-state index contributed by atoms with van der Waals surface area (Å²) in [7, 11) is 0. The molecule has 10 nitrogen and oxygen atoms in total. The van der Waals surface area contributed by atoms with Crippen LogP contribution in [0.3, 0.4) is 0 Å². The van der Waals surface area contributed by atoms with E-state index < -0.39 is 5.91 Å². The van der Waals surface area contributed by atoms with Gasteiger partial charge >= 0.3 is 0 Å². The summed E-state index contributed by atoms with van der Waals surface area (Å²) >= 11 is 1.09. The SMILES string of the molecule is Cc1cc(N(CCCOCCO)CCOCCO)ccc1N=Nc1sc(C#N)c(C)c1C(N)=O. The summed E-state index contributed by atoms with van der Waals surface area (Å²) in [5.74, 6) is -0.640. The van der Waals surface area contributed by atoms with E-state index in [9.17, 15) is 10.1 Å². The van der Waals surface area contributed by atoms with E-state index in [-0.39, 0.29) is 25.4 Å². The first-order chi connectivity index (χ1) is 16.4. The summed E-state index contributed by atoms with van der Waals surface area (Å²) in [6.45, 7) is 6.52. The minimum atomic E-state index is -0.640.